The summed E-state index contributed by atoms with van der Waals surface area (Å²) in [4.78, 5) is 0.246. The second-order valence-electron chi connectivity index (χ2n) is 4.97. The maximum Gasteiger partial charge on any atom is 0.261 e. The van der Waals surface area contributed by atoms with Crippen molar-refractivity contribution in [1.29, 1.82) is 0 Å². The summed E-state index contributed by atoms with van der Waals surface area (Å²) in [5.74, 6) is 0. The second-order valence-corrected chi connectivity index (χ2v) is 7.08. The smallest absolute Gasteiger partial charge is 0.261 e. The maximum absolute atomic E-state index is 12.4. The first-order chi connectivity index (χ1) is 10.0. The van der Waals surface area contributed by atoms with E-state index in [1.54, 1.807) is 36.4 Å². The van der Waals surface area contributed by atoms with Crippen LogP contribution in [0.3, 0.4) is 0 Å². The van der Waals surface area contributed by atoms with Crippen molar-refractivity contribution in [3.05, 3.63) is 53.1 Å². The van der Waals surface area contributed by atoms with E-state index in [-0.39, 0.29) is 4.90 Å². The van der Waals surface area contributed by atoms with Crippen molar-refractivity contribution >= 4 is 33.0 Å². The number of aryl methyl sites for hydroxylation is 1. The number of rotatable bonds is 3. The van der Waals surface area contributed by atoms with Crippen LogP contribution < -0.4 is 10.0 Å². The van der Waals surface area contributed by atoms with E-state index in [0.717, 1.165) is 30.6 Å². The van der Waals surface area contributed by atoms with Gasteiger partial charge in [-0.25, -0.2) is 8.42 Å². The van der Waals surface area contributed by atoms with Crippen molar-refractivity contribution in [3.63, 3.8) is 0 Å². The van der Waals surface area contributed by atoms with Gasteiger partial charge in [0.2, 0.25) is 0 Å². The van der Waals surface area contributed by atoms with E-state index in [2.05, 4.69) is 10.0 Å². The van der Waals surface area contributed by atoms with Gasteiger partial charge in [-0.15, -0.1) is 0 Å². The molecule has 1 aliphatic rings. The summed E-state index contributed by atoms with van der Waals surface area (Å²) in [5.41, 5.74) is 2.51. The minimum atomic E-state index is -3.61. The molecule has 0 radical (unpaired) electrons. The van der Waals surface area contributed by atoms with Crippen LogP contribution in [0.5, 0.6) is 0 Å². The third-order valence-electron chi connectivity index (χ3n) is 3.41. The van der Waals surface area contributed by atoms with E-state index in [9.17, 15) is 8.42 Å². The molecule has 0 spiro atoms. The lowest BCUT2D eigenvalue weighted by atomic mass is 10.0. The molecule has 0 atom stereocenters. The van der Waals surface area contributed by atoms with Gasteiger partial charge in [-0.05, 0) is 48.7 Å². The fourth-order valence-corrected chi connectivity index (χ4v) is 3.64. The lowest BCUT2D eigenvalue weighted by molar-refractivity contribution is 0.601. The van der Waals surface area contributed by atoms with Crippen LogP contribution in [-0.2, 0) is 16.4 Å². The van der Waals surface area contributed by atoms with Gasteiger partial charge in [0.1, 0.15) is 0 Å². The predicted molar refractivity (Wildman–Crippen MR) is 85.5 cm³/mol. The molecule has 0 aliphatic carbocycles. The predicted octanol–water partition coefficient (Wildman–Crippen LogP) is 3.50. The molecule has 0 saturated carbocycles. The van der Waals surface area contributed by atoms with Gasteiger partial charge in [-0.2, -0.15) is 0 Å². The summed E-state index contributed by atoms with van der Waals surface area (Å²) < 4.78 is 27.4. The molecule has 0 bridgehead atoms. The molecular formula is C15H15ClN2O2S. The van der Waals surface area contributed by atoms with Gasteiger partial charge >= 0.3 is 0 Å². The van der Waals surface area contributed by atoms with E-state index in [4.69, 9.17) is 11.6 Å². The average molecular weight is 323 g/mol. The Morgan fingerprint density at radius 2 is 2.00 bits per heavy atom. The number of benzene rings is 2. The van der Waals surface area contributed by atoms with Crippen LogP contribution in [-0.4, -0.2) is 15.0 Å². The maximum atomic E-state index is 12.4. The Bertz CT molecular complexity index is 775. The van der Waals surface area contributed by atoms with E-state index in [1.165, 1.54) is 0 Å². The molecule has 1 heterocycles. The molecule has 2 aromatic rings. The zero-order valence-corrected chi connectivity index (χ0v) is 12.8. The van der Waals surface area contributed by atoms with Crippen molar-refractivity contribution in [2.45, 2.75) is 17.7 Å². The molecule has 110 valence electrons. The largest absolute Gasteiger partial charge is 0.385 e. The number of hydrogen-bond donors (Lipinski definition) is 2. The molecule has 1 aliphatic heterocycles. The van der Waals surface area contributed by atoms with Crippen molar-refractivity contribution in [1.82, 2.24) is 0 Å². The van der Waals surface area contributed by atoms with Gasteiger partial charge in [-0.1, -0.05) is 23.7 Å². The fraction of sp³-hybridized carbons (Fsp3) is 0.200. The molecular weight excluding hydrogens is 308 g/mol. The number of fused-ring (bicyclic) bond motifs is 1. The summed E-state index contributed by atoms with van der Waals surface area (Å²) in [5, 5.41) is 3.72. The van der Waals surface area contributed by atoms with Crippen molar-refractivity contribution in [2.75, 3.05) is 16.6 Å². The van der Waals surface area contributed by atoms with Crippen LogP contribution >= 0.6 is 11.6 Å². The molecule has 0 amide bonds. The monoisotopic (exact) mass is 322 g/mol. The van der Waals surface area contributed by atoms with Crippen LogP contribution in [0.1, 0.15) is 12.0 Å². The highest BCUT2D eigenvalue weighted by molar-refractivity contribution is 7.92. The lowest BCUT2D eigenvalue weighted by Crippen LogP contribution is -2.16. The number of nitrogens with one attached hydrogen (secondary N) is 2. The minimum Gasteiger partial charge on any atom is -0.385 e. The Morgan fingerprint density at radius 3 is 2.81 bits per heavy atom. The Labute approximate surface area is 129 Å². The summed E-state index contributed by atoms with van der Waals surface area (Å²) in [6, 6.07) is 11.8. The molecule has 6 heteroatoms. The highest BCUT2D eigenvalue weighted by Crippen LogP contribution is 2.26. The van der Waals surface area contributed by atoms with E-state index >= 15 is 0 Å². The first-order valence-corrected chi connectivity index (χ1v) is 8.56. The summed E-state index contributed by atoms with van der Waals surface area (Å²) >= 11 is 5.87. The van der Waals surface area contributed by atoms with Crippen molar-refractivity contribution in [3.8, 4) is 0 Å². The Hall–Kier alpha value is -1.72. The quantitative estimate of drug-likeness (QED) is 0.909. The average Bonchev–Trinajstić information content (AvgIpc) is 2.46. The fourth-order valence-electron chi connectivity index (χ4n) is 2.37. The van der Waals surface area contributed by atoms with Gasteiger partial charge in [0, 0.05) is 17.3 Å². The minimum absolute atomic E-state index is 0.246. The van der Waals surface area contributed by atoms with Crippen LogP contribution in [0.4, 0.5) is 11.4 Å². The molecule has 2 aromatic carbocycles. The lowest BCUT2D eigenvalue weighted by Gasteiger charge is -2.19. The third kappa shape index (κ3) is 3.14. The SMILES string of the molecule is O=S(=O)(Nc1cccc(Cl)c1)c1ccc2c(c1)NCCC2. The number of hydrogen-bond acceptors (Lipinski definition) is 3. The van der Waals surface area contributed by atoms with E-state index in [0.29, 0.717) is 10.7 Å². The van der Waals surface area contributed by atoms with Crippen LogP contribution in [0.25, 0.3) is 0 Å². The summed E-state index contributed by atoms with van der Waals surface area (Å²) in [6.45, 7) is 0.873. The van der Waals surface area contributed by atoms with Gasteiger partial charge in [0.25, 0.3) is 10.0 Å². The second kappa shape index (κ2) is 5.58. The van der Waals surface area contributed by atoms with Crippen molar-refractivity contribution < 1.29 is 8.42 Å². The van der Waals surface area contributed by atoms with Crippen LogP contribution in [0, 0.1) is 0 Å². The third-order valence-corrected chi connectivity index (χ3v) is 5.02. The first kappa shape index (κ1) is 14.2. The molecule has 0 aromatic heterocycles. The normalized spacial score (nSPS) is 14.1. The van der Waals surface area contributed by atoms with E-state index in [1.807, 2.05) is 6.07 Å². The molecule has 2 N–H and O–H groups in total. The highest BCUT2D eigenvalue weighted by atomic mass is 35.5. The molecule has 3 rings (SSSR count). The molecule has 21 heavy (non-hydrogen) atoms. The zero-order chi connectivity index (χ0) is 14.9. The molecule has 0 fully saturated rings. The topological polar surface area (TPSA) is 58.2 Å². The number of halogens is 1. The number of sulfonamides is 1. The summed E-state index contributed by atoms with van der Waals surface area (Å²) in [6.07, 6.45) is 2.05. The van der Waals surface area contributed by atoms with Crippen molar-refractivity contribution in [2.24, 2.45) is 0 Å². The summed E-state index contributed by atoms with van der Waals surface area (Å²) in [7, 11) is -3.61. The van der Waals surface area contributed by atoms with Gasteiger partial charge in [-0.3, -0.25) is 4.72 Å². The molecule has 4 nitrogen and oxygen atoms in total. The van der Waals surface area contributed by atoms with Crippen LogP contribution in [0.2, 0.25) is 5.02 Å². The Balaban J connectivity index is 1.91. The molecule has 0 unspecified atom stereocenters. The standard InChI is InChI=1S/C15H15ClN2O2S/c16-12-4-1-5-13(9-12)18-21(19,20)14-7-6-11-3-2-8-17-15(11)10-14/h1,4-7,9-10,17-18H,2-3,8H2. The molecule has 0 saturated heterocycles. The van der Waals surface area contributed by atoms with Gasteiger partial charge in [0.05, 0.1) is 10.6 Å². The zero-order valence-electron chi connectivity index (χ0n) is 11.3. The Morgan fingerprint density at radius 1 is 1.14 bits per heavy atom. The number of anilines is 2. The first-order valence-electron chi connectivity index (χ1n) is 6.70. The van der Waals surface area contributed by atoms with E-state index < -0.39 is 10.0 Å². The van der Waals surface area contributed by atoms with Crippen LogP contribution in [0.15, 0.2) is 47.4 Å². The van der Waals surface area contributed by atoms with Gasteiger partial charge < -0.3 is 5.32 Å². The Kier molecular flexibility index (Phi) is 3.78. The highest BCUT2D eigenvalue weighted by Gasteiger charge is 2.17. The van der Waals surface area contributed by atoms with Gasteiger partial charge in [0.15, 0.2) is 0 Å².